The topological polar surface area (TPSA) is 48.1 Å². The van der Waals surface area contributed by atoms with Crippen LogP contribution in [0.4, 0.5) is 5.69 Å². The fraction of sp³-hybridized carbons (Fsp3) is 0.467. The summed E-state index contributed by atoms with van der Waals surface area (Å²) in [4.78, 5) is 9.17. The number of nitrogens with one attached hydrogen (secondary N) is 1. The van der Waals surface area contributed by atoms with E-state index in [4.69, 9.17) is 11.6 Å². The molecule has 0 spiro atoms. The van der Waals surface area contributed by atoms with Gasteiger partial charge in [-0.1, -0.05) is 24.6 Å². The molecule has 1 atom stereocenters. The van der Waals surface area contributed by atoms with Crippen molar-refractivity contribution in [1.29, 1.82) is 0 Å². The van der Waals surface area contributed by atoms with Crippen LogP contribution in [0.25, 0.3) is 0 Å². The van der Waals surface area contributed by atoms with Crippen LogP contribution < -0.4 is 4.90 Å². The maximum Gasteiger partial charge on any atom is 0.141 e. The lowest BCUT2D eigenvalue weighted by atomic mass is 10.1. The third-order valence-electron chi connectivity index (χ3n) is 4.06. The van der Waals surface area contributed by atoms with Gasteiger partial charge in [0, 0.05) is 36.9 Å². The zero-order chi connectivity index (χ0) is 14.7. The average molecular weight is 306 g/mol. The molecular weight excluding hydrogens is 286 g/mol. The van der Waals surface area contributed by atoms with Gasteiger partial charge in [-0.15, -0.1) is 0 Å². The van der Waals surface area contributed by atoms with Crippen LogP contribution in [0.3, 0.4) is 0 Å². The summed E-state index contributed by atoms with van der Waals surface area (Å²) in [6, 6.07) is 8.40. The molecule has 1 aromatic heterocycles. The zero-order valence-corrected chi connectivity index (χ0v) is 12.9. The van der Waals surface area contributed by atoms with Crippen molar-refractivity contribution in [2.24, 2.45) is 0 Å². The molecule has 0 aliphatic carbocycles. The highest BCUT2D eigenvalue weighted by Gasteiger charge is 2.25. The lowest BCUT2D eigenvalue weighted by molar-refractivity contribution is 0.174. The Labute approximate surface area is 129 Å². The molecule has 6 heteroatoms. The number of H-pyrrole nitrogens is 1. The van der Waals surface area contributed by atoms with Gasteiger partial charge in [-0.25, -0.2) is 4.98 Å². The lowest BCUT2D eigenvalue weighted by Gasteiger charge is -2.39. The molecule has 2 heterocycles. The SMILES string of the molecule is CCC(c1ncn[nH]1)N1CCN(c2cccc(Cl)c2)CC1. The van der Waals surface area contributed by atoms with Crippen molar-refractivity contribution in [1.82, 2.24) is 20.1 Å². The number of halogens is 1. The molecule has 1 aliphatic heterocycles. The number of benzene rings is 1. The van der Waals surface area contributed by atoms with E-state index in [9.17, 15) is 0 Å². The van der Waals surface area contributed by atoms with Crippen molar-refractivity contribution in [2.45, 2.75) is 19.4 Å². The summed E-state index contributed by atoms with van der Waals surface area (Å²) in [5.74, 6) is 0.966. The van der Waals surface area contributed by atoms with E-state index in [1.807, 2.05) is 18.2 Å². The van der Waals surface area contributed by atoms with Gasteiger partial charge in [-0.2, -0.15) is 5.10 Å². The Morgan fingerprint density at radius 2 is 2.10 bits per heavy atom. The Morgan fingerprint density at radius 1 is 1.29 bits per heavy atom. The Kier molecular flexibility index (Phi) is 4.41. The number of hydrogen-bond acceptors (Lipinski definition) is 4. The van der Waals surface area contributed by atoms with Crippen molar-refractivity contribution < 1.29 is 0 Å². The predicted molar refractivity (Wildman–Crippen MR) is 84.7 cm³/mol. The lowest BCUT2D eigenvalue weighted by Crippen LogP contribution is -2.47. The van der Waals surface area contributed by atoms with Crippen molar-refractivity contribution in [3.63, 3.8) is 0 Å². The molecule has 1 aromatic carbocycles. The van der Waals surface area contributed by atoms with E-state index < -0.39 is 0 Å². The fourth-order valence-electron chi connectivity index (χ4n) is 2.96. The van der Waals surface area contributed by atoms with Gasteiger partial charge in [0.15, 0.2) is 0 Å². The molecule has 1 N–H and O–H groups in total. The number of nitrogens with zero attached hydrogens (tertiary/aromatic N) is 4. The Hall–Kier alpha value is -1.59. The van der Waals surface area contributed by atoms with Crippen LogP contribution in [-0.4, -0.2) is 46.3 Å². The van der Waals surface area contributed by atoms with E-state index in [-0.39, 0.29) is 0 Å². The predicted octanol–water partition coefficient (Wildman–Crippen LogP) is 2.73. The minimum absolute atomic E-state index is 0.328. The Morgan fingerprint density at radius 3 is 2.71 bits per heavy atom. The molecule has 0 amide bonds. The second-order valence-electron chi connectivity index (χ2n) is 5.30. The van der Waals surface area contributed by atoms with Gasteiger partial charge in [-0.3, -0.25) is 10.00 Å². The zero-order valence-electron chi connectivity index (χ0n) is 12.2. The molecule has 1 saturated heterocycles. The first-order valence-electron chi connectivity index (χ1n) is 7.37. The monoisotopic (exact) mass is 305 g/mol. The quantitative estimate of drug-likeness (QED) is 0.943. The van der Waals surface area contributed by atoms with Gasteiger partial charge in [0.25, 0.3) is 0 Å². The molecule has 5 nitrogen and oxygen atoms in total. The molecule has 0 radical (unpaired) electrons. The van der Waals surface area contributed by atoms with Gasteiger partial charge < -0.3 is 4.90 Å². The van der Waals surface area contributed by atoms with Gasteiger partial charge in [0.1, 0.15) is 12.2 Å². The molecule has 3 rings (SSSR count). The van der Waals surface area contributed by atoms with E-state index in [1.165, 1.54) is 5.69 Å². The molecule has 1 fully saturated rings. The number of rotatable bonds is 4. The average Bonchev–Trinajstić information content (AvgIpc) is 3.03. The second-order valence-corrected chi connectivity index (χ2v) is 5.73. The third kappa shape index (κ3) is 3.19. The second kappa shape index (κ2) is 6.45. The summed E-state index contributed by atoms with van der Waals surface area (Å²) >= 11 is 6.08. The van der Waals surface area contributed by atoms with Crippen LogP contribution in [0, 0.1) is 0 Å². The minimum atomic E-state index is 0.328. The summed E-state index contributed by atoms with van der Waals surface area (Å²) < 4.78 is 0. The van der Waals surface area contributed by atoms with Gasteiger partial charge in [-0.05, 0) is 24.6 Å². The van der Waals surface area contributed by atoms with Gasteiger partial charge in [0.2, 0.25) is 0 Å². The molecule has 2 aromatic rings. The first kappa shape index (κ1) is 14.4. The summed E-state index contributed by atoms with van der Waals surface area (Å²) in [6.45, 7) is 6.24. The van der Waals surface area contributed by atoms with E-state index in [1.54, 1.807) is 6.33 Å². The van der Waals surface area contributed by atoms with Crippen LogP contribution in [-0.2, 0) is 0 Å². The van der Waals surface area contributed by atoms with Crippen molar-refractivity contribution >= 4 is 17.3 Å². The highest BCUT2D eigenvalue weighted by molar-refractivity contribution is 6.30. The summed E-state index contributed by atoms with van der Waals surface area (Å²) in [5, 5.41) is 7.77. The molecule has 1 unspecified atom stereocenters. The number of piperazine rings is 1. The van der Waals surface area contributed by atoms with E-state index in [2.05, 4.69) is 38.0 Å². The number of hydrogen-bond donors (Lipinski definition) is 1. The smallest absolute Gasteiger partial charge is 0.141 e. The Balaban J connectivity index is 1.64. The highest BCUT2D eigenvalue weighted by Crippen LogP contribution is 2.25. The maximum atomic E-state index is 6.08. The molecule has 112 valence electrons. The summed E-state index contributed by atoms with van der Waals surface area (Å²) in [5.41, 5.74) is 1.20. The molecule has 21 heavy (non-hydrogen) atoms. The largest absolute Gasteiger partial charge is 0.369 e. The molecule has 0 bridgehead atoms. The standard InChI is InChI=1S/C15H20ClN5/c1-2-14(15-17-11-18-19-15)21-8-6-20(7-9-21)13-5-3-4-12(16)10-13/h3-5,10-11,14H,2,6-9H2,1H3,(H,17,18,19). The number of aromatic nitrogens is 3. The molecule has 1 aliphatic rings. The van der Waals surface area contributed by atoms with Gasteiger partial charge >= 0.3 is 0 Å². The van der Waals surface area contributed by atoms with Gasteiger partial charge in [0.05, 0.1) is 6.04 Å². The fourth-order valence-corrected chi connectivity index (χ4v) is 3.15. The van der Waals surface area contributed by atoms with E-state index in [0.29, 0.717) is 6.04 Å². The maximum absolute atomic E-state index is 6.08. The van der Waals surface area contributed by atoms with Crippen LogP contribution in [0.15, 0.2) is 30.6 Å². The van der Waals surface area contributed by atoms with Crippen LogP contribution in [0.2, 0.25) is 5.02 Å². The highest BCUT2D eigenvalue weighted by atomic mass is 35.5. The third-order valence-corrected chi connectivity index (χ3v) is 4.30. The molecule has 0 saturated carbocycles. The number of anilines is 1. The van der Waals surface area contributed by atoms with Crippen LogP contribution in [0.1, 0.15) is 25.2 Å². The van der Waals surface area contributed by atoms with E-state index in [0.717, 1.165) is 43.4 Å². The van der Waals surface area contributed by atoms with Crippen LogP contribution in [0.5, 0.6) is 0 Å². The van der Waals surface area contributed by atoms with E-state index >= 15 is 0 Å². The number of aromatic amines is 1. The first-order valence-corrected chi connectivity index (χ1v) is 7.75. The Bertz CT molecular complexity index is 563. The van der Waals surface area contributed by atoms with Crippen LogP contribution >= 0.6 is 11.6 Å². The summed E-state index contributed by atoms with van der Waals surface area (Å²) in [6.07, 6.45) is 2.62. The first-order chi connectivity index (χ1) is 10.3. The van der Waals surface area contributed by atoms with Crippen molar-refractivity contribution in [3.8, 4) is 0 Å². The minimum Gasteiger partial charge on any atom is -0.369 e. The molecular formula is C15H20ClN5. The van der Waals surface area contributed by atoms with Crippen molar-refractivity contribution in [2.75, 3.05) is 31.1 Å². The van der Waals surface area contributed by atoms with Crippen molar-refractivity contribution in [3.05, 3.63) is 41.4 Å². The normalized spacial score (nSPS) is 17.9. The summed E-state index contributed by atoms with van der Waals surface area (Å²) in [7, 11) is 0.